The molecule has 2 aromatic rings. The molecule has 5 heteroatoms. The van der Waals surface area contributed by atoms with Gasteiger partial charge in [0.2, 0.25) is 0 Å². The molecule has 0 spiro atoms. The lowest BCUT2D eigenvalue weighted by Gasteiger charge is -2.33. The SMILES string of the molecule is Brc1cnc(N2CCN(CC#Cc3ccccc3)CC2)s1. The Morgan fingerprint density at radius 1 is 1.14 bits per heavy atom. The van der Waals surface area contributed by atoms with E-state index in [1.54, 1.807) is 11.3 Å². The highest BCUT2D eigenvalue weighted by Crippen LogP contribution is 2.27. The Kier molecular flexibility index (Phi) is 4.91. The first-order valence-corrected chi connectivity index (χ1v) is 8.55. The quantitative estimate of drug-likeness (QED) is 0.766. The Bertz CT molecular complexity index is 636. The Balaban J connectivity index is 1.49. The smallest absolute Gasteiger partial charge is 0.186 e. The molecule has 1 saturated heterocycles. The van der Waals surface area contributed by atoms with Gasteiger partial charge in [0.25, 0.3) is 0 Å². The van der Waals surface area contributed by atoms with Gasteiger partial charge in [-0.25, -0.2) is 4.98 Å². The second-order valence-corrected chi connectivity index (χ2v) is 7.27. The number of nitrogens with zero attached hydrogens (tertiary/aromatic N) is 3. The summed E-state index contributed by atoms with van der Waals surface area (Å²) in [7, 11) is 0. The van der Waals surface area contributed by atoms with Crippen LogP contribution in [-0.2, 0) is 0 Å². The fourth-order valence-electron chi connectivity index (χ4n) is 2.26. The third kappa shape index (κ3) is 4.07. The largest absolute Gasteiger partial charge is 0.345 e. The predicted octanol–water partition coefficient (Wildman–Crippen LogP) is 3.08. The van der Waals surface area contributed by atoms with Crippen molar-refractivity contribution in [2.75, 3.05) is 37.6 Å². The number of hydrogen-bond donors (Lipinski definition) is 0. The molecule has 0 amide bonds. The minimum absolute atomic E-state index is 0.838. The fourth-order valence-corrected chi connectivity index (χ4v) is 3.50. The normalized spacial score (nSPS) is 15.6. The monoisotopic (exact) mass is 361 g/mol. The fraction of sp³-hybridized carbons (Fsp3) is 0.312. The summed E-state index contributed by atoms with van der Waals surface area (Å²) in [5.41, 5.74) is 1.09. The van der Waals surface area contributed by atoms with Crippen LogP contribution in [0.1, 0.15) is 5.56 Å². The van der Waals surface area contributed by atoms with Crippen LogP contribution in [-0.4, -0.2) is 42.6 Å². The van der Waals surface area contributed by atoms with Gasteiger partial charge in [-0.3, -0.25) is 4.90 Å². The summed E-state index contributed by atoms with van der Waals surface area (Å²) in [6.45, 7) is 4.96. The molecule has 1 aliphatic rings. The molecular formula is C16H16BrN3S. The van der Waals surface area contributed by atoms with Crippen molar-refractivity contribution in [2.45, 2.75) is 0 Å². The van der Waals surface area contributed by atoms with E-state index in [0.717, 1.165) is 47.2 Å². The molecule has 21 heavy (non-hydrogen) atoms. The van der Waals surface area contributed by atoms with Crippen molar-refractivity contribution in [3.63, 3.8) is 0 Å². The minimum atomic E-state index is 0.838. The highest BCUT2D eigenvalue weighted by molar-refractivity contribution is 9.11. The standard InChI is InChI=1S/C16H16BrN3S/c17-15-13-18-16(21-15)20-11-9-19(10-12-20)8-4-7-14-5-2-1-3-6-14/h1-3,5-6,13H,8-12H2. The van der Waals surface area contributed by atoms with Crippen LogP contribution in [0.2, 0.25) is 0 Å². The number of benzene rings is 1. The van der Waals surface area contributed by atoms with E-state index in [0.29, 0.717) is 0 Å². The molecule has 3 rings (SSSR count). The Hall–Kier alpha value is -1.35. The van der Waals surface area contributed by atoms with E-state index in [1.165, 1.54) is 0 Å². The van der Waals surface area contributed by atoms with Gasteiger partial charge in [0.15, 0.2) is 5.13 Å². The molecule has 108 valence electrons. The highest BCUT2D eigenvalue weighted by atomic mass is 79.9. The predicted molar refractivity (Wildman–Crippen MR) is 91.8 cm³/mol. The van der Waals surface area contributed by atoms with E-state index in [9.17, 15) is 0 Å². The van der Waals surface area contributed by atoms with Gasteiger partial charge < -0.3 is 4.90 Å². The van der Waals surface area contributed by atoms with Gasteiger partial charge in [0, 0.05) is 31.7 Å². The molecule has 1 aromatic carbocycles. The molecule has 3 nitrogen and oxygen atoms in total. The zero-order chi connectivity index (χ0) is 14.5. The summed E-state index contributed by atoms with van der Waals surface area (Å²) in [6.07, 6.45) is 1.87. The molecule has 0 bridgehead atoms. The molecule has 1 aliphatic heterocycles. The number of piperazine rings is 1. The second kappa shape index (κ2) is 7.08. The maximum absolute atomic E-state index is 4.42. The van der Waals surface area contributed by atoms with Gasteiger partial charge in [-0.05, 0) is 28.1 Å². The molecule has 0 unspecified atom stereocenters. The molecule has 1 fully saturated rings. The van der Waals surface area contributed by atoms with Gasteiger partial charge >= 0.3 is 0 Å². The van der Waals surface area contributed by atoms with Crippen molar-refractivity contribution in [3.05, 3.63) is 45.9 Å². The van der Waals surface area contributed by atoms with E-state index in [2.05, 4.69) is 42.6 Å². The maximum Gasteiger partial charge on any atom is 0.186 e. The molecule has 1 aromatic heterocycles. The van der Waals surface area contributed by atoms with Crippen molar-refractivity contribution in [3.8, 4) is 11.8 Å². The van der Waals surface area contributed by atoms with Gasteiger partial charge in [0.1, 0.15) is 0 Å². The van der Waals surface area contributed by atoms with E-state index in [4.69, 9.17) is 0 Å². The highest BCUT2D eigenvalue weighted by Gasteiger charge is 2.18. The van der Waals surface area contributed by atoms with Crippen molar-refractivity contribution >= 4 is 32.4 Å². The molecular weight excluding hydrogens is 346 g/mol. The zero-order valence-corrected chi connectivity index (χ0v) is 14.0. The first-order chi connectivity index (χ1) is 10.3. The summed E-state index contributed by atoms with van der Waals surface area (Å²) < 4.78 is 1.09. The number of aromatic nitrogens is 1. The van der Waals surface area contributed by atoms with Crippen molar-refractivity contribution in [1.29, 1.82) is 0 Å². The number of hydrogen-bond acceptors (Lipinski definition) is 4. The average Bonchev–Trinajstić information content (AvgIpc) is 2.96. The van der Waals surface area contributed by atoms with Crippen LogP contribution in [0, 0.1) is 11.8 Å². The van der Waals surface area contributed by atoms with Gasteiger partial charge in [-0.2, -0.15) is 0 Å². The molecule has 0 aliphatic carbocycles. The molecule has 0 atom stereocenters. The number of halogens is 1. The third-order valence-corrected chi connectivity index (χ3v) is 4.95. The Labute approximate surface area is 137 Å². The molecule has 0 saturated carbocycles. The lowest BCUT2D eigenvalue weighted by Crippen LogP contribution is -2.46. The summed E-state index contributed by atoms with van der Waals surface area (Å²) in [5.74, 6) is 6.48. The summed E-state index contributed by atoms with van der Waals surface area (Å²) in [4.78, 5) is 9.16. The molecule has 2 heterocycles. The number of thiazole rings is 1. The topological polar surface area (TPSA) is 19.4 Å². The lowest BCUT2D eigenvalue weighted by atomic mass is 10.2. The van der Waals surface area contributed by atoms with Crippen molar-refractivity contribution in [1.82, 2.24) is 9.88 Å². The van der Waals surface area contributed by atoms with Gasteiger partial charge in [0.05, 0.1) is 16.5 Å². The average molecular weight is 362 g/mol. The van der Waals surface area contributed by atoms with Gasteiger partial charge in [-0.15, -0.1) is 0 Å². The van der Waals surface area contributed by atoms with Crippen LogP contribution in [0.5, 0.6) is 0 Å². The lowest BCUT2D eigenvalue weighted by molar-refractivity contribution is 0.288. The van der Waals surface area contributed by atoms with Crippen LogP contribution >= 0.6 is 27.3 Å². The summed E-state index contributed by atoms with van der Waals surface area (Å²) in [6, 6.07) is 10.2. The maximum atomic E-state index is 4.42. The Morgan fingerprint density at radius 3 is 2.57 bits per heavy atom. The minimum Gasteiger partial charge on any atom is -0.345 e. The summed E-state index contributed by atoms with van der Waals surface area (Å²) in [5, 5.41) is 1.11. The van der Waals surface area contributed by atoms with Crippen LogP contribution in [0.25, 0.3) is 0 Å². The summed E-state index contributed by atoms with van der Waals surface area (Å²) >= 11 is 5.16. The van der Waals surface area contributed by atoms with Crippen LogP contribution in [0.15, 0.2) is 40.3 Å². The zero-order valence-electron chi connectivity index (χ0n) is 11.6. The van der Waals surface area contributed by atoms with Gasteiger partial charge in [-0.1, -0.05) is 41.4 Å². The van der Waals surface area contributed by atoms with Crippen molar-refractivity contribution < 1.29 is 0 Å². The van der Waals surface area contributed by atoms with Crippen LogP contribution in [0.4, 0.5) is 5.13 Å². The van der Waals surface area contributed by atoms with Crippen LogP contribution in [0.3, 0.4) is 0 Å². The first kappa shape index (κ1) is 14.6. The number of anilines is 1. The molecule has 0 radical (unpaired) electrons. The van der Waals surface area contributed by atoms with Crippen LogP contribution < -0.4 is 4.90 Å². The second-order valence-electron chi connectivity index (χ2n) is 4.88. The number of rotatable bonds is 2. The van der Waals surface area contributed by atoms with E-state index in [1.807, 2.05) is 36.5 Å². The van der Waals surface area contributed by atoms with E-state index >= 15 is 0 Å². The van der Waals surface area contributed by atoms with E-state index < -0.39 is 0 Å². The first-order valence-electron chi connectivity index (χ1n) is 6.94. The van der Waals surface area contributed by atoms with Crippen molar-refractivity contribution in [2.24, 2.45) is 0 Å². The third-order valence-electron chi connectivity index (χ3n) is 3.42. The van der Waals surface area contributed by atoms with E-state index in [-0.39, 0.29) is 0 Å². The Morgan fingerprint density at radius 2 is 1.90 bits per heavy atom. The molecule has 0 N–H and O–H groups in total.